The summed E-state index contributed by atoms with van der Waals surface area (Å²) in [4.78, 5) is 22.6. The van der Waals surface area contributed by atoms with E-state index in [4.69, 9.17) is 18.3 Å². The Morgan fingerprint density at radius 2 is 1.92 bits per heavy atom. The number of ether oxygens (including phenoxy) is 2. The van der Waals surface area contributed by atoms with Crippen molar-refractivity contribution in [1.29, 1.82) is 0 Å². The topological polar surface area (TPSA) is 71.1 Å². The molecule has 1 aromatic rings. The van der Waals surface area contributed by atoms with Crippen LogP contribution in [-0.2, 0) is 29.8 Å². The van der Waals surface area contributed by atoms with Gasteiger partial charge in [-0.3, -0.25) is 9.59 Å². The average Bonchev–Trinajstić information content (AvgIpc) is 2.53. The quantitative estimate of drug-likeness (QED) is 0.722. The van der Waals surface area contributed by atoms with Crippen molar-refractivity contribution in [3.63, 3.8) is 0 Å². The molecule has 0 spiro atoms. The summed E-state index contributed by atoms with van der Waals surface area (Å²) >= 11 is 0. The third-order valence-electron chi connectivity index (χ3n) is 4.21. The van der Waals surface area contributed by atoms with Crippen molar-refractivity contribution in [3.8, 4) is 5.75 Å². The summed E-state index contributed by atoms with van der Waals surface area (Å²) in [5, 5.41) is 0.659. The fraction of sp³-hybridized carbons (Fsp3) is 0.556. The smallest absolute Gasteiger partial charge is 0.480 e. The van der Waals surface area contributed by atoms with E-state index in [0.717, 1.165) is 24.2 Å². The van der Waals surface area contributed by atoms with Crippen LogP contribution in [0.5, 0.6) is 5.75 Å². The van der Waals surface area contributed by atoms with Crippen molar-refractivity contribution in [2.24, 2.45) is 5.92 Å². The molecule has 0 aliphatic carbocycles. The number of rotatable bonds is 6. The fourth-order valence-corrected chi connectivity index (χ4v) is 4.04. The van der Waals surface area contributed by atoms with E-state index in [9.17, 15) is 9.59 Å². The summed E-state index contributed by atoms with van der Waals surface area (Å²) in [6, 6.07) is 5.41. The molecule has 137 valence electrons. The van der Waals surface area contributed by atoms with E-state index in [1.54, 1.807) is 6.07 Å². The Labute approximate surface area is 150 Å². The third-order valence-corrected chi connectivity index (χ3v) is 5.94. The number of carbonyl (C=O) groups is 2. The number of benzene rings is 1. The van der Waals surface area contributed by atoms with Gasteiger partial charge in [0, 0.05) is 37.4 Å². The van der Waals surface area contributed by atoms with Crippen molar-refractivity contribution in [2.45, 2.75) is 59.9 Å². The molecular weight excluding hydrogens is 340 g/mol. The summed E-state index contributed by atoms with van der Waals surface area (Å²) in [5.74, 6) is -0.633. The van der Waals surface area contributed by atoms with Gasteiger partial charge in [0.25, 0.3) is 11.9 Å². The molecule has 0 saturated carbocycles. The standard InChI is InChI=1S/C18H25O6Si/c1-6-7-12(2)18(5)21-11-15-10-16(8-9-17(15)22-18)25(23-13(3)19)24-14(4)20/h8-10,12H,6-7,11H2,1-5H3. The minimum Gasteiger partial charge on any atom is -0.480 e. The van der Waals surface area contributed by atoms with Gasteiger partial charge in [-0.1, -0.05) is 26.3 Å². The van der Waals surface area contributed by atoms with Crippen molar-refractivity contribution in [3.05, 3.63) is 23.8 Å². The van der Waals surface area contributed by atoms with Gasteiger partial charge >= 0.3 is 9.28 Å². The lowest BCUT2D eigenvalue weighted by Crippen LogP contribution is -2.45. The zero-order valence-corrected chi connectivity index (χ0v) is 16.4. The van der Waals surface area contributed by atoms with E-state index in [2.05, 4.69) is 13.8 Å². The van der Waals surface area contributed by atoms with E-state index in [-0.39, 0.29) is 5.92 Å². The molecule has 6 nitrogen and oxygen atoms in total. The Hall–Kier alpha value is -1.86. The molecule has 2 rings (SSSR count). The Morgan fingerprint density at radius 3 is 2.48 bits per heavy atom. The highest BCUT2D eigenvalue weighted by molar-refractivity contribution is 6.64. The predicted molar refractivity (Wildman–Crippen MR) is 93.3 cm³/mol. The van der Waals surface area contributed by atoms with E-state index in [1.165, 1.54) is 13.8 Å². The van der Waals surface area contributed by atoms with Gasteiger partial charge in [0.15, 0.2) is 0 Å². The first-order valence-electron chi connectivity index (χ1n) is 8.45. The molecule has 1 aliphatic heterocycles. The highest BCUT2D eigenvalue weighted by Crippen LogP contribution is 2.36. The molecule has 1 aliphatic rings. The minimum absolute atomic E-state index is 0.257. The monoisotopic (exact) mass is 365 g/mol. The zero-order chi connectivity index (χ0) is 18.6. The van der Waals surface area contributed by atoms with Gasteiger partial charge in [0.05, 0.1) is 6.61 Å². The first-order chi connectivity index (χ1) is 11.7. The molecule has 1 radical (unpaired) electrons. The molecule has 25 heavy (non-hydrogen) atoms. The lowest BCUT2D eigenvalue weighted by atomic mass is 9.96. The van der Waals surface area contributed by atoms with E-state index in [1.807, 2.05) is 19.1 Å². The van der Waals surface area contributed by atoms with Gasteiger partial charge in [-0.2, -0.15) is 0 Å². The van der Waals surface area contributed by atoms with Gasteiger partial charge in [0.2, 0.25) is 5.79 Å². The molecule has 2 unspecified atom stereocenters. The highest BCUT2D eigenvalue weighted by atomic mass is 28.3. The van der Waals surface area contributed by atoms with E-state index >= 15 is 0 Å². The molecule has 1 aromatic carbocycles. The summed E-state index contributed by atoms with van der Waals surface area (Å²) in [7, 11) is -2.22. The second kappa shape index (κ2) is 8.01. The van der Waals surface area contributed by atoms with Crippen molar-refractivity contribution in [2.75, 3.05) is 0 Å². The molecule has 0 bridgehead atoms. The second-order valence-electron chi connectivity index (χ2n) is 6.39. The Morgan fingerprint density at radius 1 is 1.28 bits per heavy atom. The van der Waals surface area contributed by atoms with Crippen LogP contribution in [-0.4, -0.2) is 27.0 Å². The largest absolute Gasteiger partial charge is 0.576 e. The molecule has 1 heterocycles. The molecular formula is C18H25O6Si. The normalized spacial score (nSPS) is 20.4. The fourth-order valence-electron chi connectivity index (χ4n) is 2.73. The van der Waals surface area contributed by atoms with Gasteiger partial charge < -0.3 is 18.3 Å². The zero-order valence-electron chi connectivity index (χ0n) is 15.4. The summed E-state index contributed by atoms with van der Waals surface area (Å²) in [6.07, 6.45) is 2.07. The van der Waals surface area contributed by atoms with Crippen molar-refractivity contribution < 1.29 is 27.9 Å². The first-order valence-corrected chi connectivity index (χ1v) is 9.77. The molecule has 0 fully saturated rings. The highest BCUT2D eigenvalue weighted by Gasteiger charge is 2.38. The number of hydrogen-bond donors (Lipinski definition) is 0. The number of fused-ring (bicyclic) bond motifs is 1. The van der Waals surface area contributed by atoms with Crippen LogP contribution in [0.25, 0.3) is 0 Å². The Kier molecular flexibility index (Phi) is 6.24. The molecule has 0 amide bonds. The van der Waals surface area contributed by atoms with E-state index < -0.39 is 27.0 Å². The van der Waals surface area contributed by atoms with Gasteiger partial charge in [-0.05, 0) is 18.6 Å². The van der Waals surface area contributed by atoms with Gasteiger partial charge in [0.1, 0.15) is 5.75 Å². The average molecular weight is 365 g/mol. The summed E-state index contributed by atoms with van der Waals surface area (Å²) < 4.78 is 22.5. The summed E-state index contributed by atoms with van der Waals surface area (Å²) in [6.45, 7) is 9.18. The van der Waals surface area contributed by atoms with E-state index in [0.29, 0.717) is 11.8 Å². The first kappa shape index (κ1) is 19.5. The maximum Gasteiger partial charge on any atom is 0.576 e. The maximum atomic E-state index is 11.3. The van der Waals surface area contributed by atoms with Crippen LogP contribution in [0.4, 0.5) is 0 Å². The van der Waals surface area contributed by atoms with Gasteiger partial charge in [-0.15, -0.1) is 0 Å². The molecule has 7 heteroatoms. The maximum absolute atomic E-state index is 11.3. The lowest BCUT2D eigenvalue weighted by Gasteiger charge is -2.40. The van der Waals surface area contributed by atoms with Gasteiger partial charge in [-0.25, -0.2) is 0 Å². The number of carbonyl (C=O) groups excluding carboxylic acids is 2. The number of hydrogen-bond acceptors (Lipinski definition) is 6. The van der Waals surface area contributed by atoms with Crippen LogP contribution >= 0.6 is 0 Å². The van der Waals surface area contributed by atoms with Crippen molar-refractivity contribution >= 4 is 26.4 Å². The predicted octanol–water partition coefficient (Wildman–Crippen LogP) is 2.57. The Balaban J connectivity index is 2.23. The van der Waals surface area contributed by atoms with Crippen LogP contribution in [0.2, 0.25) is 0 Å². The summed E-state index contributed by atoms with van der Waals surface area (Å²) in [5.41, 5.74) is 0.848. The second-order valence-corrected chi connectivity index (χ2v) is 7.95. The Bertz CT molecular complexity index is 630. The van der Waals surface area contributed by atoms with Crippen LogP contribution < -0.4 is 9.92 Å². The van der Waals surface area contributed by atoms with Crippen LogP contribution in [0.1, 0.15) is 53.0 Å². The van der Waals surface area contributed by atoms with Crippen molar-refractivity contribution in [1.82, 2.24) is 0 Å². The third kappa shape index (κ3) is 4.82. The lowest BCUT2D eigenvalue weighted by molar-refractivity contribution is -0.223. The molecule has 0 aromatic heterocycles. The van der Waals surface area contributed by atoms with Crippen LogP contribution in [0, 0.1) is 5.92 Å². The van der Waals surface area contributed by atoms with Crippen LogP contribution in [0.3, 0.4) is 0 Å². The molecule has 0 N–H and O–H groups in total. The van der Waals surface area contributed by atoms with Crippen LogP contribution in [0.15, 0.2) is 18.2 Å². The molecule has 2 atom stereocenters. The SMILES string of the molecule is CCCC(C)C1(C)OCc2cc([Si](OC(C)=O)OC(C)=O)ccc2O1. The molecule has 0 saturated heterocycles. The minimum atomic E-state index is -2.22.